The van der Waals surface area contributed by atoms with Gasteiger partial charge in [-0.25, -0.2) is 0 Å². The van der Waals surface area contributed by atoms with Crippen molar-refractivity contribution in [3.63, 3.8) is 0 Å². The molecule has 1 aromatic heterocycles. The van der Waals surface area contributed by atoms with Crippen LogP contribution in [0.15, 0.2) is 21.2 Å². The molecule has 1 rings (SSSR count). The molecule has 1 aromatic rings. The van der Waals surface area contributed by atoms with E-state index in [0.717, 1.165) is 16.7 Å². The van der Waals surface area contributed by atoms with Crippen LogP contribution in [0.1, 0.15) is 26.0 Å². The Kier molecular flexibility index (Phi) is 4.16. The van der Waals surface area contributed by atoms with Gasteiger partial charge in [-0.15, -0.1) is 0 Å². The van der Waals surface area contributed by atoms with E-state index in [2.05, 4.69) is 35.1 Å². The summed E-state index contributed by atoms with van der Waals surface area (Å²) in [5, 5.41) is 12.2. The highest BCUT2D eigenvalue weighted by molar-refractivity contribution is 9.10. The normalized spacial score (nSPS) is 12.0. The van der Waals surface area contributed by atoms with Crippen LogP contribution in [-0.2, 0) is 6.54 Å². The lowest BCUT2D eigenvalue weighted by molar-refractivity contribution is 0.227. The summed E-state index contributed by atoms with van der Waals surface area (Å²) in [4.78, 5) is 0. The molecule has 0 bridgehead atoms. The Balaban J connectivity index is 2.44. The van der Waals surface area contributed by atoms with Crippen LogP contribution < -0.4 is 5.32 Å². The summed E-state index contributed by atoms with van der Waals surface area (Å²) in [5.41, 5.74) is -0.0685. The predicted molar refractivity (Wildman–Crippen MR) is 59.0 cm³/mol. The molecule has 0 spiro atoms. The quantitative estimate of drug-likeness (QED) is 0.855. The first kappa shape index (κ1) is 11.8. The molecule has 0 fully saturated rings. The van der Waals surface area contributed by atoms with Gasteiger partial charge in [0, 0.05) is 12.1 Å². The molecule has 1 heterocycles. The molecule has 0 unspecified atom stereocenters. The van der Waals surface area contributed by atoms with Crippen LogP contribution in [0.4, 0.5) is 0 Å². The number of rotatable bonds is 5. The minimum absolute atomic E-state index is 0.0685. The maximum atomic E-state index is 8.84. The number of hydrogen-bond donors (Lipinski definition) is 2. The molecular weight excluding hydrogens is 246 g/mol. The van der Waals surface area contributed by atoms with Gasteiger partial charge in [-0.2, -0.15) is 0 Å². The molecule has 2 N–H and O–H groups in total. The second-order valence-corrected chi connectivity index (χ2v) is 4.76. The van der Waals surface area contributed by atoms with E-state index in [-0.39, 0.29) is 12.1 Å². The molecule has 80 valence electrons. The number of aliphatic hydroxyl groups is 1. The van der Waals surface area contributed by atoms with Gasteiger partial charge in [0.1, 0.15) is 5.76 Å². The zero-order chi connectivity index (χ0) is 10.6. The smallest absolute Gasteiger partial charge is 0.131 e. The number of nitrogens with one attached hydrogen (secondary N) is 1. The summed E-state index contributed by atoms with van der Waals surface area (Å²) < 4.78 is 6.24. The number of furan rings is 1. The molecule has 3 nitrogen and oxygen atoms in total. The van der Waals surface area contributed by atoms with Gasteiger partial charge in [-0.3, -0.25) is 0 Å². The van der Waals surface area contributed by atoms with E-state index in [1.165, 1.54) is 0 Å². The van der Waals surface area contributed by atoms with Crippen LogP contribution in [0.5, 0.6) is 0 Å². The van der Waals surface area contributed by atoms with E-state index in [1.807, 2.05) is 6.07 Å². The first-order valence-corrected chi connectivity index (χ1v) is 5.42. The molecule has 0 saturated heterocycles. The fourth-order valence-electron chi connectivity index (χ4n) is 1.14. The van der Waals surface area contributed by atoms with Crippen LogP contribution in [-0.4, -0.2) is 17.3 Å². The summed E-state index contributed by atoms with van der Waals surface area (Å²) in [7, 11) is 0. The van der Waals surface area contributed by atoms with Gasteiger partial charge in [-0.05, 0) is 42.3 Å². The second-order valence-electron chi connectivity index (χ2n) is 3.90. The Hall–Kier alpha value is -0.320. The van der Waals surface area contributed by atoms with E-state index < -0.39 is 0 Å². The van der Waals surface area contributed by atoms with Crippen molar-refractivity contribution in [3.05, 3.63) is 22.6 Å². The standard InChI is InChI=1S/C10H16BrNO2/c1-10(2,4-5-13)12-7-9-8(11)3-6-14-9/h3,6,12-13H,4-5,7H2,1-2H3. The Morgan fingerprint density at radius 3 is 2.79 bits per heavy atom. The summed E-state index contributed by atoms with van der Waals surface area (Å²) in [6.07, 6.45) is 2.38. The molecule has 0 aliphatic heterocycles. The van der Waals surface area contributed by atoms with E-state index in [1.54, 1.807) is 6.26 Å². The Morgan fingerprint density at radius 1 is 1.57 bits per heavy atom. The van der Waals surface area contributed by atoms with Gasteiger partial charge >= 0.3 is 0 Å². The van der Waals surface area contributed by atoms with Crippen molar-refractivity contribution in [1.82, 2.24) is 5.32 Å². The van der Waals surface area contributed by atoms with Gasteiger partial charge in [0.25, 0.3) is 0 Å². The third-order valence-corrected chi connectivity index (χ3v) is 2.86. The Labute approximate surface area is 92.6 Å². The highest BCUT2D eigenvalue weighted by Crippen LogP contribution is 2.18. The molecule has 4 heteroatoms. The van der Waals surface area contributed by atoms with Crippen molar-refractivity contribution < 1.29 is 9.52 Å². The molecule has 0 radical (unpaired) electrons. The molecule has 0 amide bonds. The van der Waals surface area contributed by atoms with Gasteiger partial charge < -0.3 is 14.8 Å². The first-order valence-electron chi connectivity index (χ1n) is 4.63. The average molecular weight is 262 g/mol. The molecule has 0 saturated carbocycles. The van der Waals surface area contributed by atoms with Gasteiger partial charge in [0.05, 0.1) is 17.3 Å². The third kappa shape index (κ3) is 3.44. The van der Waals surface area contributed by atoms with Crippen LogP contribution in [0.25, 0.3) is 0 Å². The van der Waals surface area contributed by atoms with Crippen molar-refractivity contribution in [1.29, 1.82) is 0 Å². The Bertz CT molecular complexity index is 283. The fraction of sp³-hybridized carbons (Fsp3) is 0.600. The zero-order valence-electron chi connectivity index (χ0n) is 8.51. The predicted octanol–water partition coefficient (Wildman–Crippen LogP) is 2.29. The molecular formula is C10H16BrNO2. The van der Waals surface area contributed by atoms with Crippen LogP contribution >= 0.6 is 15.9 Å². The van der Waals surface area contributed by atoms with E-state index in [0.29, 0.717) is 6.54 Å². The molecule has 0 aliphatic carbocycles. The third-order valence-electron chi connectivity index (χ3n) is 2.16. The summed E-state index contributed by atoms with van der Waals surface area (Å²) in [6, 6.07) is 1.87. The average Bonchev–Trinajstić information content (AvgIpc) is 2.48. The van der Waals surface area contributed by atoms with Gasteiger partial charge in [-0.1, -0.05) is 0 Å². The van der Waals surface area contributed by atoms with Gasteiger partial charge in [0.2, 0.25) is 0 Å². The van der Waals surface area contributed by atoms with Crippen molar-refractivity contribution in [2.45, 2.75) is 32.4 Å². The lowest BCUT2D eigenvalue weighted by Gasteiger charge is -2.24. The maximum Gasteiger partial charge on any atom is 0.131 e. The molecule has 14 heavy (non-hydrogen) atoms. The van der Waals surface area contributed by atoms with E-state index in [9.17, 15) is 0 Å². The summed E-state index contributed by atoms with van der Waals surface area (Å²) in [5.74, 6) is 0.885. The molecule has 0 aromatic carbocycles. The van der Waals surface area contributed by atoms with E-state index in [4.69, 9.17) is 9.52 Å². The first-order chi connectivity index (χ1) is 6.55. The van der Waals surface area contributed by atoms with Crippen LogP contribution in [0, 0.1) is 0 Å². The lowest BCUT2D eigenvalue weighted by Crippen LogP contribution is -2.39. The fourth-order valence-corrected chi connectivity index (χ4v) is 1.48. The zero-order valence-corrected chi connectivity index (χ0v) is 10.1. The SMILES string of the molecule is CC(C)(CCO)NCc1occc1Br. The Morgan fingerprint density at radius 2 is 2.29 bits per heavy atom. The number of hydrogen-bond acceptors (Lipinski definition) is 3. The van der Waals surface area contributed by atoms with Crippen molar-refractivity contribution in [2.24, 2.45) is 0 Å². The highest BCUT2D eigenvalue weighted by Gasteiger charge is 2.17. The molecule has 0 aliphatic rings. The maximum absolute atomic E-state index is 8.84. The number of aliphatic hydroxyl groups excluding tert-OH is 1. The lowest BCUT2D eigenvalue weighted by atomic mass is 10.0. The van der Waals surface area contributed by atoms with Crippen molar-refractivity contribution in [3.8, 4) is 0 Å². The minimum Gasteiger partial charge on any atom is -0.467 e. The van der Waals surface area contributed by atoms with Crippen molar-refractivity contribution >= 4 is 15.9 Å². The highest BCUT2D eigenvalue weighted by atomic mass is 79.9. The summed E-state index contributed by atoms with van der Waals surface area (Å²) in [6.45, 7) is 4.97. The monoisotopic (exact) mass is 261 g/mol. The van der Waals surface area contributed by atoms with Gasteiger partial charge in [0.15, 0.2) is 0 Å². The summed E-state index contributed by atoms with van der Waals surface area (Å²) >= 11 is 3.39. The van der Waals surface area contributed by atoms with Crippen LogP contribution in [0.2, 0.25) is 0 Å². The van der Waals surface area contributed by atoms with E-state index >= 15 is 0 Å². The molecule has 0 atom stereocenters. The minimum atomic E-state index is -0.0685. The number of halogens is 1. The second kappa shape index (κ2) is 4.96. The van der Waals surface area contributed by atoms with Crippen LogP contribution in [0.3, 0.4) is 0 Å². The van der Waals surface area contributed by atoms with Crippen molar-refractivity contribution in [2.75, 3.05) is 6.61 Å². The topological polar surface area (TPSA) is 45.4 Å². The largest absolute Gasteiger partial charge is 0.467 e.